The zero-order valence-electron chi connectivity index (χ0n) is 10.4. The highest BCUT2D eigenvalue weighted by Crippen LogP contribution is 2.11. The van der Waals surface area contributed by atoms with Crippen molar-refractivity contribution in [3.8, 4) is 0 Å². The van der Waals surface area contributed by atoms with E-state index >= 15 is 0 Å². The summed E-state index contributed by atoms with van der Waals surface area (Å²) < 4.78 is 1.83. The maximum atomic E-state index is 11.7. The van der Waals surface area contributed by atoms with Crippen LogP contribution in [-0.2, 0) is 6.54 Å². The first-order valence-electron chi connectivity index (χ1n) is 5.92. The molecule has 0 aliphatic heterocycles. The quantitative estimate of drug-likeness (QED) is 0.725. The van der Waals surface area contributed by atoms with Crippen molar-refractivity contribution in [3.63, 3.8) is 0 Å². The molecule has 8 heteroatoms. The van der Waals surface area contributed by atoms with E-state index in [-0.39, 0.29) is 5.82 Å². The van der Waals surface area contributed by atoms with Crippen LogP contribution in [0.4, 0.5) is 5.69 Å². The van der Waals surface area contributed by atoms with Gasteiger partial charge in [-0.25, -0.2) is 0 Å². The Labute approximate surface area is 113 Å². The molecule has 2 N–H and O–H groups in total. The number of H-pyrrole nitrogens is 1. The standard InChI is InChI=1S/C12H11N7O/c20-12(11-15-17-18-16-11)14-10-4-2-9(3-5-10)8-19-7-1-6-13-19/h1-7H,8H2,(H,14,20)(H,15,16,17,18). The molecule has 3 aromatic rings. The van der Waals surface area contributed by atoms with Crippen LogP contribution in [0, 0.1) is 0 Å². The molecule has 0 aliphatic rings. The lowest BCUT2D eigenvalue weighted by atomic mass is 10.2. The second kappa shape index (κ2) is 5.31. The van der Waals surface area contributed by atoms with E-state index in [4.69, 9.17) is 0 Å². The molecule has 0 saturated heterocycles. The van der Waals surface area contributed by atoms with Crippen molar-refractivity contribution in [3.05, 3.63) is 54.1 Å². The minimum atomic E-state index is -0.404. The zero-order chi connectivity index (χ0) is 13.8. The molecule has 0 saturated carbocycles. The maximum Gasteiger partial charge on any atom is 0.297 e. The summed E-state index contributed by atoms with van der Waals surface area (Å²) in [5.41, 5.74) is 1.76. The number of rotatable bonds is 4. The largest absolute Gasteiger partial charge is 0.319 e. The predicted molar refractivity (Wildman–Crippen MR) is 69.9 cm³/mol. The fourth-order valence-corrected chi connectivity index (χ4v) is 1.72. The lowest BCUT2D eigenvalue weighted by Gasteiger charge is -2.05. The summed E-state index contributed by atoms with van der Waals surface area (Å²) in [6, 6.07) is 9.36. The van der Waals surface area contributed by atoms with Crippen LogP contribution >= 0.6 is 0 Å². The fourth-order valence-electron chi connectivity index (χ4n) is 1.72. The van der Waals surface area contributed by atoms with Gasteiger partial charge < -0.3 is 5.32 Å². The Bertz CT molecular complexity index is 673. The van der Waals surface area contributed by atoms with Crippen molar-refractivity contribution in [1.29, 1.82) is 0 Å². The van der Waals surface area contributed by atoms with E-state index in [0.717, 1.165) is 5.56 Å². The zero-order valence-corrected chi connectivity index (χ0v) is 10.4. The van der Waals surface area contributed by atoms with Gasteiger partial charge in [-0.3, -0.25) is 9.48 Å². The van der Waals surface area contributed by atoms with Gasteiger partial charge in [0.25, 0.3) is 11.7 Å². The van der Waals surface area contributed by atoms with Gasteiger partial charge in [0.2, 0.25) is 0 Å². The molecule has 0 unspecified atom stereocenters. The van der Waals surface area contributed by atoms with Gasteiger partial charge >= 0.3 is 0 Å². The molecule has 100 valence electrons. The number of hydrogen-bond donors (Lipinski definition) is 2. The van der Waals surface area contributed by atoms with Gasteiger partial charge in [0.1, 0.15) is 0 Å². The third-order valence-electron chi connectivity index (χ3n) is 2.66. The summed E-state index contributed by atoms with van der Waals surface area (Å²) in [7, 11) is 0. The van der Waals surface area contributed by atoms with Gasteiger partial charge in [-0.1, -0.05) is 12.1 Å². The molecule has 1 aromatic carbocycles. The second-order valence-corrected chi connectivity index (χ2v) is 4.09. The lowest BCUT2D eigenvalue weighted by molar-refractivity contribution is 0.101. The molecule has 8 nitrogen and oxygen atoms in total. The van der Waals surface area contributed by atoms with Crippen LogP contribution in [-0.4, -0.2) is 36.3 Å². The molecule has 0 spiro atoms. The van der Waals surface area contributed by atoms with Crippen molar-refractivity contribution in [2.75, 3.05) is 5.32 Å². The lowest BCUT2D eigenvalue weighted by Crippen LogP contribution is -2.13. The Morgan fingerprint density at radius 1 is 1.30 bits per heavy atom. The molecule has 20 heavy (non-hydrogen) atoms. The van der Waals surface area contributed by atoms with Gasteiger partial charge in [-0.05, 0) is 29.0 Å². The van der Waals surface area contributed by atoms with Gasteiger partial charge in [-0.2, -0.15) is 10.3 Å². The Morgan fingerprint density at radius 3 is 2.80 bits per heavy atom. The highest BCUT2D eigenvalue weighted by molar-refractivity contribution is 6.01. The van der Waals surface area contributed by atoms with Gasteiger partial charge in [0.15, 0.2) is 0 Å². The highest BCUT2D eigenvalue weighted by atomic mass is 16.2. The van der Waals surface area contributed by atoms with Crippen molar-refractivity contribution in [2.45, 2.75) is 6.54 Å². The average molecular weight is 269 g/mol. The first-order chi connectivity index (χ1) is 9.81. The first kappa shape index (κ1) is 12.0. The van der Waals surface area contributed by atoms with Gasteiger partial charge in [0.05, 0.1) is 6.54 Å². The van der Waals surface area contributed by atoms with Crippen molar-refractivity contribution >= 4 is 11.6 Å². The molecule has 0 aliphatic carbocycles. The Kier molecular flexibility index (Phi) is 3.19. The summed E-state index contributed by atoms with van der Waals surface area (Å²) in [6.07, 6.45) is 3.63. The van der Waals surface area contributed by atoms with E-state index in [9.17, 15) is 4.79 Å². The van der Waals surface area contributed by atoms with E-state index in [1.54, 1.807) is 6.20 Å². The topological polar surface area (TPSA) is 101 Å². The van der Waals surface area contributed by atoms with Crippen LogP contribution in [0.25, 0.3) is 0 Å². The first-order valence-corrected chi connectivity index (χ1v) is 5.92. The summed E-state index contributed by atoms with van der Waals surface area (Å²) in [4.78, 5) is 11.7. The normalized spacial score (nSPS) is 10.4. The molecule has 0 atom stereocenters. The number of tetrazole rings is 1. The van der Waals surface area contributed by atoms with Crippen molar-refractivity contribution in [2.24, 2.45) is 0 Å². The number of hydrogen-bond acceptors (Lipinski definition) is 5. The molecule has 0 bridgehead atoms. The molecular weight excluding hydrogens is 258 g/mol. The number of anilines is 1. The Morgan fingerprint density at radius 2 is 2.15 bits per heavy atom. The number of aromatic nitrogens is 6. The number of nitrogens with one attached hydrogen (secondary N) is 2. The van der Waals surface area contributed by atoms with Gasteiger partial charge in [-0.15, -0.1) is 10.2 Å². The van der Waals surface area contributed by atoms with Gasteiger partial charge in [0, 0.05) is 18.1 Å². The van der Waals surface area contributed by atoms with E-state index < -0.39 is 5.91 Å². The van der Waals surface area contributed by atoms with Crippen LogP contribution in [0.3, 0.4) is 0 Å². The summed E-state index contributed by atoms with van der Waals surface area (Å²) >= 11 is 0. The number of nitrogens with zero attached hydrogens (tertiary/aromatic N) is 5. The summed E-state index contributed by atoms with van der Waals surface area (Å²) in [5, 5.41) is 19.6. The Hall–Kier alpha value is -3.03. The van der Waals surface area contributed by atoms with Crippen LogP contribution in [0.1, 0.15) is 16.2 Å². The van der Waals surface area contributed by atoms with E-state index in [1.807, 2.05) is 41.2 Å². The Balaban J connectivity index is 1.65. The smallest absolute Gasteiger partial charge is 0.297 e. The number of carbonyl (C=O) groups is 1. The molecular formula is C12H11N7O. The number of carbonyl (C=O) groups excluding carboxylic acids is 1. The van der Waals surface area contributed by atoms with E-state index in [2.05, 4.69) is 31.0 Å². The molecule has 1 amide bonds. The molecule has 0 fully saturated rings. The van der Waals surface area contributed by atoms with E-state index in [0.29, 0.717) is 12.2 Å². The third kappa shape index (κ3) is 2.69. The van der Waals surface area contributed by atoms with Crippen molar-refractivity contribution < 1.29 is 4.79 Å². The highest BCUT2D eigenvalue weighted by Gasteiger charge is 2.10. The number of amides is 1. The van der Waals surface area contributed by atoms with Crippen LogP contribution in [0.5, 0.6) is 0 Å². The molecule has 2 heterocycles. The maximum absolute atomic E-state index is 11.7. The summed E-state index contributed by atoms with van der Waals surface area (Å²) in [5.74, 6) is -0.399. The number of aromatic amines is 1. The minimum Gasteiger partial charge on any atom is -0.319 e. The third-order valence-corrected chi connectivity index (χ3v) is 2.66. The predicted octanol–water partition coefficient (Wildman–Crippen LogP) is 0.697. The SMILES string of the molecule is O=C(Nc1ccc(Cn2cccn2)cc1)c1nn[nH]n1. The van der Waals surface area contributed by atoms with Crippen LogP contribution in [0.2, 0.25) is 0 Å². The minimum absolute atomic E-state index is 0.00520. The molecule has 2 aromatic heterocycles. The van der Waals surface area contributed by atoms with Crippen LogP contribution in [0.15, 0.2) is 42.7 Å². The van der Waals surface area contributed by atoms with E-state index in [1.165, 1.54) is 0 Å². The molecule has 3 rings (SSSR count). The number of benzene rings is 1. The molecule has 0 radical (unpaired) electrons. The average Bonchev–Trinajstić information content (AvgIpc) is 3.13. The van der Waals surface area contributed by atoms with Crippen molar-refractivity contribution in [1.82, 2.24) is 30.4 Å². The monoisotopic (exact) mass is 269 g/mol. The van der Waals surface area contributed by atoms with Crippen LogP contribution < -0.4 is 5.32 Å². The second-order valence-electron chi connectivity index (χ2n) is 4.09. The fraction of sp³-hybridized carbons (Fsp3) is 0.0833. The summed E-state index contributed by atoms with van der Waals surface area (Å²) in [6.45, 7) is 0.687.